The smallest absolute Gasteiger partial charge is 0.222 e. The third kappa shape index (κ3) is 7.41. The van der Waals surface area contributed by atoms with Crippen molar-refractivity contribution in [1.82, 2.24) is 19.8 Å². The van der Waals surface area contributed by atoms with E-state index < -0.39 is 0 Å². The van der Waals surface area contributed by atoms with Crippen LogP contribution in [0.1, 0.15) is 82.2 Å². The molecule has 34 heavy (non-hydrogen) atoms. The van der Waals surface area contributed by atoms with E-state index in [1.807, 2.05) is 0 Å². The molecule has 3 N–H and O–H groups in total. The molecule has 0 saturated heterocycles. The van der Waals surface area contributed by atoms with Crippen LogP contribution in [0.4, 0.5) is 11.8 Å². The Bertz CT molecular complexity index is 895. The zero-order valence-corrected chi connectivity index (χ0v) is 22.3. The second kappa shape index (κ2) is 12.0. The van der Waals surface area contributed by atoms with Crippen LogP contribution in [0.2, 0.25) is 0 Å². The van der Waals surface area contributed by atoms with Gasteiger partial charge in [-0.15, -0.1) is 0 Å². The lowest BCUT2D eigenvalue weighted by Gasteiger charge is -2.32. The highest BCUT2D eigenvalue weighted by Gasteiger charge is 2.20. The molecule has 0 fully saturated rings. The molecule has 6 nitrogen and oxygen atoms in total. The summed E-state index contributed by atoms with van der Waals surface area (Å²) in [5.74, 6) is 1.30. The van der Waals surface area contributed by atoms with Gasteiger partial charge in [-0.3, -0.25) is 4.90 Å². The first-order valence-electron chi connectivity index (χ1n) is 13.1. The number of hydrogen-bond acceptors (Lipinski definition) is 6. The molecule has 0 aliphatic carbocycles. The summed E-state index contributed by atoms with van der Waals surface area (Å²) in [5.41, 5.74) is 11.4. The number of hydrogen-bond donors (Lipinski definition) is 2. The molecular formula is C28H46N6. The van der Waals surface area contributed by atoms with Crippen molar-refractivity contribution >= 4 is 11.8 Å². The minimum atomic E-state index is 0.204. The molecule has 2 aromatic rings. The predicted molar refractivity (Wildman–Crippen MR) is 144 cm³/mol. The molecule has 6 heteroatoms. The van der Waals surface area contributed by atoms with E-state index in [0.717, 1.165) is 76.2 Å². The van der Waals surface area contributed by atoms with E-state index in [1.165, 1.54) is 16.7 Å². The summed E-state index contributed by atoms with van der Waals surface area (Å²) in [4.78, 5) is 14.1. The van der Waals surface area contributed by atoms with E-state index in [2.05, 4.69) is 91.0 Å². The fourth-order valence-electron chi connectivity index (χ4n) is 4.82. The Morgan fingerprint density at radius 3 is 2.38 bits per heavy atom. The van der Waals surface area contributed by atoms with Gasteiger partial charge < -0.3 is 16.0 Å². The minimum Gasteiger partial charge on any atom is -0.368 e. The van der Waals surface area contributed by atoms with Crippen LogP contribution >= 0.6 is 0 Å². The molecule has 0 amide bonds. The minimum absolute atomic E-state index is 0.204. The standard InChI is InChI=1S/C28H46N6/c1-7-12-24(15-10-17-33(6)28(3,4)5)31-26-25(21(2)30-27(29)32-26)16-11-18-34-19-22-13-8-9-14-23(22)20-34/h8-9,13-14,24H,7,10-12,15-20H2,1-6H3,(H3,29,30,31,32). The van der Waals surface area contributed by atoms with Crippen molar-refractivity contribution < 1.29 is 0 Å². The van der Waals surface area contributed by atoms with Crippen LogP contribution in [0.15, 0.2) is 24.3 Å². The fourth-order valence-corrected chi connectivity index (χ4v) is 4.82. The number of benzene rings is 1. The zero-order chi connectivity index (χ0) is 24.7. The van der Waals surface area contributed by atoms with Crippen LogP contribution in [0, 0.1) is 6.92 Å². The summed E-state index contributed by atoms with van der Waals surface area (Å²) >= 11 is 0. The predicted octanol–water partition coefficient (Wildman–Crippen LogP) is 5.41. The lowest BCUT2D eigenvalue weighted by Crippen LogP contribution is -2.39. The highest BCUT2D eigenvalue weighted by molar-refractivity contribution is 5.50. The van der Waals surface area contributed by atoms with Crippen LogP contribution in [-0.2, 0) is 19.5 Å². The Hall–Kier alpha value is -2.18. The van der Waals surface area contributed by atoms with E-state index in [0.29, 0.717) is 12.0 Å². The van der Waals surface area contributed by atoms with Crippen LogP contribution in [0.25, 0.3) is 0 Å². The Morgan fingerprint density at radius 2 is 1.76 bits per heavy atom. The van der Waals surface area contributed by atoms with E-state index in [1.54, 1.807) is 0 Å². The van der Waals surface area contributed by atoms with E-state index in [9.17, 15) is 0 Å². The Kier molecular flexibility index (Phi) is 9.31. The number of anilines is 2. The molecule has 1 aliphatic heterocycles. The molecule has 1 aromatic heterocycles. The van der Waals surface area contributed by atoms with Gasteiger partial charge in [0.05, 0.1) is 0 Å². The van der Waals surface area contributed by atoms with Gasteiger partial charge in [-0.2, -0.15) is 4.98 Å². The summed E-state index contributed by atoms with van der Waals surface area (Å²) in [6.07, 6.45) is 6.63. The maximum atomic E-state index is 6.07. The first-order valence-corrected chi connectivity index (χ1v) is 13.1. The maximum Gasteiger partial charge on any atom is 0.222 e. The highest BCUT2D eigenvalue weighted by atomic mass is 15.2. The number of fused-ring (bicyclic) bond motifs is 1. The molecule has 3 rings (SSSR count). The molecule has 1 atom stereocenters. The van der Waals surface area contributed by atoms with Gasteiger partial charge in [-0.05, 0) is 91.1 Å². The first-order chi connectivity index (χ1) is 16.2. The summed E-state index contributed by atoms with van der Waals surface area (Å²) in [7, 11) is 2.22. The van der Waals surface area contributed by atoms with Gasteiger partial charge in [-0.1, -0.05) is 37.6 Å². The van der Waals surface area contributed by atoms with E-state index in [4.69, 9.17) is 5.73 Å². The Labute approximate surface area is 207 Å². The summed E-state index contributed by atoms with van der Waals surface area (Å²) < 4.78 is 0. The summed E-state index contributed by atoms with van der Waals surface area (Å²) in [6, 6.07) is 9.19. The molecule has 1 unspecified atom stereocenters. The highest BCUT2D eigenvalue weighted by Crippen LogP contribution is 2.25. The molecule has 0 saturated carbocycles. The zero-order valence-electron chi connectivity index (χ0n) is 22.3. The molecular weight excluding hydrogens is 420 g/mol. The van der Waals surface area contributed by atoms with Gasteiger partial charge >= 0.3 is 0 Å². The van der Waals surface area contributed by atoms with E-state index >= 15 is 0 Å². The molecule has 2 heterocycles. The SMILES string of the molecule is CCCC(CCCN(C)C(C)(C)C)Nc1nc(N)nc(C)c1CCCN1Cc2ccccc2C1. The first kappa shape index (κ1) is 26.4. The largest absolute Gasteiger partial charge is 0.368 e. The average molecular weight is 467 g/mol. The van der Waals surface area contributed by atoms with Crippen LogP contribution in [0.3, 0.4) is 0 Å². The second-order valence-electron chi connectivity index (χ2n) is 10.9. The van der Waals surface area contributed by atoms with Crippen molar-refractivity contribution in [3.05, 3.63) is 46.6 Å². The van der Waals surface area contributed by atoms with Crippen molar-refractivity contribution in [2.75, 3.05) is 31.2 Å². The van der Waals surface area contributed by atoms with Gasteiger partial charge in [-0.25, -0.2) is 4.98 Å². The molecule has 188 valence electrons. The van der Waals surface area contributed by atoms with Gasteiger partial charge in [0.25, 0.3) is 0 Å². The molecule has 0 radical (unpaired) electrons. The third-order valence-corrected chi connectivity index (χ3v) is 7.21. The monoisotopic (exact) mass is 466 g/mol. The molecule has 1 aromatic carbocycles. The maximum absolute atomic E-state index is 6.07. The quantitative estimate of drug-likeness (QED) is 0.436. The van der Waals surface area contributed by atoms with Crippen LogP contribution < -0.4 is 11.1 Å². The van der Waals surface area contributed by atoms with Gasteiger partial charge in [0.15, 0.2) is 0 Å². The number of nitrogen functional groups attached to an aromatic ring is 1. The fraction of sp³-hybridized carbons (Fsp3) is 0.643. The number of nitrogens with zero attached hydrogens (tertiary/aromatic N) is 4. The lowest BCUT2D eigenvalue weighted by molar-refractivity contribution is 0.171. The summed E-state index contributed by atoms with van der Waals surface area (Å²) in [6.45, 7) is 15.4. The topological polar surface area (TPSA) is 70.3 Å². The van der Waals surface area contributed by atoms with Crippen molar-refractivity contribution in [2.24, 2.45) is 0 Å². The number of aromatic nitrogens is 2. The Morgan fingerprint density at radius 1 is 1.09 bits per heavy atom. The number of nitrogens with one attached hydrogen (secondary N) is 1. The molecule has 0 bridgehead atoms. The lowest BCUT2D eigenvalue weighted by atomic mass is 10.0. The molecule has 1 aliphatic rings. The second-order valence-corrected chi connectivity index (χ2v) is 10.9. The van der Waals surface area contributed by atoms with Crippen molar-refractivity contribution in [2.45, 2.75) is 97.8 Å². The summed E-state index contributed by atoms with van der Waals surface area (Å²) in [5, 5.41) is 3.77. The number of aryl methyl sites for hydroxylation is 1. The normalized spacial score (nSPS) is 15.0. The van der Waals surface area contributed by atoms with Gasteiger partial charge in [0, 0.05) is 35.9 Å². The van der Waals surface area contributed by atoms with Gasteiger partial charge in [0.1, 0.15) is 5.82 Å². The number of nitrogens with two attached hydrogens (primary N) is 1. The van der Waals surface area contributed by atoms with Crippen LogP contribution in [-0.4, -0.2) is 51.5 Å². The van der Waals surface area contributed by atoms with Crippen molar-refractivity contribution in [3.63, 3.8) is 0 Å². The van der Waals surface area contributed by atoms with Crippen molar-refractivity contribution in [3.8, 4) is 0 Å². The number of rotatable bonds is 12. The molecule has 0 spiro atoms. The van der Waals surface area contributed by atoms with Crippen molar-refractivity contribution in [1.29, 1.82) is 0 Å². The van der Waals surface area contributed by atoms with Crippen LogP contribution in [0.5, 0.6) is 0 Å². The third-order valence-electron chi connectivity index (χ3n) is 7.21. The van der Waals surface area contributed by atoms with E-state index in [-0.39, 0.29) is 5.54 Å². The average Bonchev–Trinajstić information content (AvgIpc) is 3.17. The Balaban J connectivity index is 1.59. The van der Waals surface area contributed by atoms with Gasteiger partial charge in [0.2, 0.25) is 5.95 Å².